The fraction of sp³-hybridized carbons (Fsp3) is 0.429. The van der Waals surface area contributed by atoms with E-state index in [1.807, 2.05) is 0 Å². The lowest BCUT2D eigenvalue weighted by Crippen LogP contribution is -2.21. The van der Waals surface area contributed by atoms with Crippen LogP contribution in [0.1, 0.15) is 34.8 Å². The van der Waals surface area contributed by atoms with E-state index in [0.29, 0.717) is 0 Å². The van der Waals surface area contributed by atoms with Crippen molar-refractivity contribution in [3.05, 3.63) is 46.5 Å². The molecule has 0 spiro atoms. The molecule has 15 heteroatoms. The van der Waals surface area contributed by atoms with Crippen LogP contribution in [-0.2, 0) is 35.5 Å². The van der Waals surface area contributed by atoms with Gasteiger partial charge < -0.3 is 15.2 Å². The number of aromatic amines is 2. The minimum atomic E-state index is -5.08. The number of imidazole rings is 1. The van der Waals surface area contributed by atoms with Gasteiger partial charge in [0.05, 0.1) is 23.3 Å². The molecule has 0 saturated carbocycles. The monoisotopic (exact) mass is 523 g/mol. The number of halogens is 6. The molecular weight excluding hydrogens is 500 g/mol. The molecule has 1 aromatic carbocycles. The smallest absolute Gasteiger partial charge is 0.475 e. The van der Waals surface area contributed by atoms with Crippen molar-refractivity contribution in [1.82, 2.24) is 25.1 Å². The van der Waals surface area contributed by atoms with Gasteiger partial charge in [0, 0.05) is 12.2 Å². The molecule has 0 bridgehead atoms. The first-order valence-electron chi connectivity index (χ1n) is 10.4. The number of nitrogens with one attached hydrogen (secondary N) is 2. The minimum Gasteiger partial charge on any atom is -0.475 e. The molecule has 9 nitrogen and oxygen atoms in total. The summed E-state index contributed by atoms with van der Waals surface area (Å²) in [6.45, 7) is 3.77. The van der Waals surface area contributed by atoms with E-state index in [9.17, 15) is 26.3 Å². The number of rotatable bonds is 4. The first kappa shape index (κ1) is 28.6. The third-order valence-electron chi connectivity index (χ3n) is 4.90. The summed E-state index contributed by atoms with van der Waals surface area (Å²) in [5.74, 6) is -4.50. The lowest BCUT2D eigenvalue weighted by Gasteiger charge is -2.14. The van der Waals surface area contributed by atoms with Crippen molar-refractivity contribution in [3.63, 3.8) is 0 Å². The Hall–Kier alpha value is -3.62. The van der Waals surface area contributed by atoms with E-state index in [4.69, 9.17) is 19.8 Å². The van der Waals surface area contributed by atoms with Crippen LogP contribution in [-0.4, -0.2) is 66.6 Å². The second kappa shape index (κ2) is 11.4. The number of aromatic nitrogens is 4. The number of fused-ring (bicyclic) bond motifs is 2. The lowest BCUT2D eigenvalue weighted by molar-refractivity contribution is -0.193. The van der Waals surface area contributed by atoms with Crippen LogP contribution in [0.15, 0.2) is 18.2 Å². The number of carbonyl (C=O) groups is 2. The summed E-state index contributed by atoms with van der Waals surface area (Å²) in [5.41, 5.74) is 7.37. The number of hydrogen-bond donors (Lipinski definition) is 4. The number of carboxylic acids is 2. The van der Waals surface area contributed by atoms with Gasteiger partial charge in [-0.2, -0.15) is 31.4 Å². The van der Waals surface area contributed by atoms with E-state index in [0.717, 1.165) is 36.4 Å². The van der Waals surface area contributed by atoms with Crippen molar-refractivity contribution in [2.45, 2.75) is 51.6 Å². The minimum absolute atomic E-state index is 0.801. The van der Waals surface area contributed by atoms with Crippen LogP contribution in [0.25, 0.3) is 11.0 Å². The van der Waals surface area contributed by atoms with Gasteiger partial charge >= 0.3 is 24.3 Å². The maximum atomic E-state index is 10.6. The van der Waals surface area contributed by atoms with Gasteiger partial charge in [0.1, 0.15) is 5.82 Å². The number of aliphatic carboxylic acids is 2. The van der Waals surface area contributed by atoms with Gasteiger partial charge in [0.15, 0.2) is 0 Å². The number of carboxylic acid groups (broad SMARTS) is 2. The molecule has 1 aliphatic rings. The molecule has 4 N–H and O–H groups in total. The molecule has 198 valence electrons. The average molecular weight is 523 g/mol. The number of aryl methyl sites for hydroxylation is 2. The second-order valence-electron chi connectivity index (χ2n) is 7.96. The van der Waals surface area contributed by atoms with Gasteiger partial charge in [-0.05, 0) is 56.5 Å². The van der Waals surface area contributed by atoms with Crippen molar-refractivity contribution in [2.75, 3.05) is 7.05 Å². The number of nitrogens with zero attached hydrogens (tertiary/aromatic N) is 3. The molecule has 0 fully saturated rings. The van der Waals surface area contributed by atoms with Crippen molar-refractivity contribution in [3.8, 4) is 0 Å². The van der Waals surface area contributed by atoms with Gasteiger partial charge in [0.2, 0.25) is 0 Å². The molecule has 0 amide bonds. The van der Waals surface area contributed by atoms with E-state index >= 15 is 0 Å². The normalized spacial score (nSPS) is 13.0. The van der Waals surface area contributed by atoms with Crippen molar-refractivity contribution in [2.24, 2.45) is 0 Å². The summed E-state index contributed by atoms with van der Waals surface area (Å²) in [6, 6.07) is 6.32. The molecule has 0 aliphatic heterocycles. The highest BCUT2D eigenvalue weighted by Crippen LogP contribution is 2.24. The Morgan fingerprint density at radius 1 is 1.03 bits per heavy atom. The first-order chi connectivity index (χ1) is 16.6. The van der Waals surface area contributed by atoms with E-state index in [1.165, 1.54) is 35.4 Å². The highest BCUT2D eigenvalue weighted by molar-refractivity contribution is 5.75. The molecule has 4 rings (SSSR count). The zero-order valence-electron chi connectivity index (χ0n) is 19.1. The number of H-pyrrole nitrogens is 2. The van der Waals surface area contributed by atoms with Crippen LogP contribution in [0.4, 0.5) is 26.3 Å². The Balaban J connectivity index is 0.000000271. The van der Waals surface area contributed by atoms with Crippen molar-refractivity contribution < 1.29 is 46.1 Å². The van der Waals surface area contributed by atoms with Crippen LogP contribution < -0.4 is 0 Å². The summed E-state index contributed by atoms with van der Waals surface area (Å²) in [6.07, 6.45) is -6.60. The fourth-order valence-corrected chi connectivity index (χ4v) is 3.34. The number of alkyl halides is 6. The highest BCUT2D eigenvalue weighted by Gasteiger charge is 2.38. The molecule has 1 aliphatic carbocycles. The van der Waals surface area contributed by atoms with E-state index in [2.05, 4.69) is 57.2 Å². The van der Waals surface area contributed by atoms with Gasteiger partial charge in [-0.15, -0.1) is 0 Å². The third-order valence-corrected chi connectivity index (χ3v) is 4.90. The molecule has 36 heavy (non-hydrogen) atoms. The zero-order chi connectivity index (χ0) is 27.3. The third kappa shape index (κ3) is 8.25. The maximum Gasteiger partial charge on any atom is 0.490 e. The van der Waals surface area contributed by atoms with Crippen LogP contribution in [0.3, 0.4) is 0 Å². The SMILES string of the molecule is Cc1ccc2nc(CN(C)Cc3n[nH]c4c3CCC4)[nH]c2c1.O=C(O)C(F)(F)F.O=C(O)C(F)(F)F. The summed E-state index contributed by atoms with van der Waals surface area (Å²) < 4.78 is 63.5. The summed E-state index contributed by atoms with van der Waals surface area (Å²) in [5, 5.41) is 21.9. The van der Waals surface area contributed by atoms with Crippen LogP contribution in [0.2, 0.25) is 0 Å². The number of hydrogen-bond acceptors (Lipinski definition) is 5. The average Bonchev–Trinajstić information content (AvgIpc) is 3.44. The van der Waals surface area contributed by atoms with Crippen LogP contribution in [0, 0.1) is 6.92 Å². The Morgan fingerprint density at radius 3 is 2.17 bits per heavy atom. The predicted octanol–water partition coefficient (Wildman–Crippen LogP) is 3.98. The molecule has 3 aromatic rings. The molecule has 0 unspecified atom stereocenters. The first-order valence-corrected chi connectivity index (χ1v) is 10.4. The molecule has 0 radical (unpaired) electrons. The Labute approximate surface area is 200 Å². The maximum absolute atomic E-state index is 10.6. The Kier molecular flexibility index (Phi) is 9.07. The standard InChI is InChI=1S/C17H21N5.2C2HF3O2/c1-11-6-7-14-15(8-11)19-17(18-14)10-22(2)9-16-12-4-3-5-13(12)20-21-16;2*3-2(4,5)1(6)7/h6-8H,3-5,9-10H2,1-2H3,(H,18,19)(H,20,21);2*(H,6,7). The quantitative estimate of drug-likeness (QED) is 0.380. The summed E-state index contributed by atoms with van der Waals surface area (Å²) >= 11 is 0. The van der Waals surface area contributed by atoms with Gasteiger partial charge in [0.25, 0.3) is 0 Å². The molecule has 2 aromatic heterocycles. The second-order valence-corrected chi connectivity index (χ2v) is 7.96. The lowest BCUT2D eigenvalue weighted by atomic mass is 10.2. The van der Waals surface area contributed by atoms with Crippen LogP contribution in [0.5, 0.6) is 0 Å². The van der Waals surface area contributed by atoms with Gasteiger partial charge in [-0.3, -0.25) is 10.00 Å². The van der Waals surface area contributed by atoms with E-state index in [-0.39, 0.29) is 0 Å². The zero-order valence-corrected chi connectivity index (χ0v) is 19.1. The Bertz CT molecular complexity index is 1180. The van der Waals surface area contributed by atoms with Gasteiger partial charge in [-0.25, -0.2) is 14.6 Å². The summed E-state index contributed by atoms with van der Waals surface area (Å²) in [7, 11) is 2.12. The largest absolute Gasteiger partial charge is 0.490 e. The molecule has 0 saturated heterocycles. The molecular formula is C21H23F6N5O4. The molecule has 0 atom stereocenters. The predicted molar refractivity (Wildman–Crippen MR) is 114 cm³/mol. The van der Waals surface area contributed by atoms with E-state index < -0.39 is 24.3 Å². The van der Waals surface area contributed by atoms with Crippen molar-refractivity contribution in [1.29, 1.82) is 0 Å². The highest BCUT2D eigenvalue weighted by atomic mass is 19.4. The van der Waals surface area contributed by atoms with Gasteiger partial charge in [-0.1, -0.05) is 6.07 Å². The molecule has 2 heterocycles. The van der Waals surface area contributed by atoms with Crippen LogP contribution >= 0.6 is 0 Å². The van der Waals surface area contributed by atoms with Crippen molar-refractivity contribution >= 4 is 23.0 Å². The number of benzene rings is 1. The fourth-order valence-electron chi connectivity index (χ4n) is 3.34. The summed E-state index contributed by atoms with van der Waals surface area (Å²) in [4.78, 5) is 28.1. The van der Waals surface area contributed by atoms with E-state index in [1.54, 1.807) is 0 Å². The topological polar surface area (TPSA) is 135 Å². The Morgan fingerprint density at radius 2 is 1.61 bits per heavy atom.